The molecule has 0 aliphatic rings. The number of carboxylic acid groups (broad SMARTS) is 1. The predicted molar refractivity (Wildman–Crippen MR) is 69.6 cm³/mol. The summed E-state index contributed by atoms with van der Waals surface area (Å²) in [6.45, 7) is 0.0854. The molecule has 0 aliphatic carbocycles. The van der Waals surface area contributed by atoms with Gasteiger partial charge in [0.15, 0.2) is 0 Å². The van der Waals surface area contributed by atoms with Gasteiger partial charge in [-0.25, -0.2) is 4.79 Å². The van der Waals surface area contributed by atoms with Crippen molar-refractivity contribution in [2.24, 2.45) is 5.73 Å². The number of hydrogen-bond acceptors (Lipinski definition) is 4. The Bertz CT molecular complexity index is 464. The van der Waals surface area contributed by atoms with E-state index in [0.717, 1.165) is 0 Å². The molecule has 0 fully saturated rings. The maximum atomic E-state index is 11.7. The van der Waals surface area contributed by atoms with E-state index in [2.05, 4.69) is 21.2 Å². The average molecular weight is 317 g/mol. The number of aromatic carboxylic acids is 1. The summed E-state index contributed by atoms with van der Waals surface area (Å²) in [6, 6.07) is 3.51. The van der Waals surface area contributed by atoms with Gasteiger partial charge < -0.3 is 20.9 Å². The number of nitrogens with two attached hydrogens (primary N) is 1. The molecule has 1 rings (SSSR count). The lowest BCUT2D eigenvalue weighted by atomic mass is 10.2. The van der Waals surface area contributed by atoms with Gasteiger partial charge in [-0.2, -0.15) is 0 Å². The molecule has 1 unspecified atom stereocenters. The van der Waals surface area contributed by atoms with Crippen molar-refractivity contribution in [3.63, 3.8) is 0 Å². The van der Waals surface area contributed by atoms with E-state index < -0.39 is 17.9 Å². The van der Waals surface area contributed by atoms with E-state index in [1.54, 1.807) is 6.07 Å². The summed E-state index contributed by atoms with van der Waals surface area (Å²) >= 11 is 3.22. The van der Waals surface area contributed by atoms with Crippen molar-refractivity contribution in [1.29, 1.82) is 0 Å². The highest BCUT2D eigenvalue weighted by molar-refractivity contribution is 9.10. The number of benzene rings is 1. The summed E-state index contributed by atoms with van der Waals surface area (Å²) in [6.07, 6.45) is 0. The molecule has 0 spiro atoms. The van der Waals surface area contributed by atoms with Gasteiger partial charge in [0.25, 0.3) is 0 Å². The molecule has 1 aromatic carbocycles. The van der Waals surface area contributed by atoms with E-state index in [-0.39, 0.29) is 12.2 Å². The standard InChI is InChI=1S/C11H13BrN2O4/c1-18-5-8(13)10(15)14-9-4-6(11(16)17)2-3-7(9)12/h2-4,8H,5,13H2,1H3,(H,14,15)(H,16,17). The summed E-state index contributed by atoms with van der Waals surface area (Å²) in [7, 11) is 1.44. The van der Waals surface area contributed by atoms with E-state index in [4.69, 9.17) is 15.6 Å². The van der Waals surface area contributed by atoms with Gasteiger partial charge in [0.1, 0.15) is 6.04 Å². The van der Waals surface area contributed by atoms with Crippen LogP contribution in [0.1, 0.15) is 10.4 Å². The number of rotatable bonds is 5. The highest BCUT2D eigenvalue weighted by atomic mass is 79.9. The first-order valence-corrected chi connectivity index (χ1v) is 5.83. The van der Waals surface area contributed by atoms with Gasteiger partial charge in [0.2, 0.25) is 5.91 Å². The monoisotopic (exact) mass is 316 g/mol. The number of carboxylic acids is 1. The third-order valence-electron chi connectivity index (χ3n) is 2.15. The van der Waals surface area contributed by atoms with Crippen LogP contribution in [0.3, 0.4) is 0 Å². The van der Waals surface area contributed by atoms with Gasteiger partial charge in [-0.15, -0.1) is 0 Å². The normalized spacial score (nSPS) is 11.9. The smallest absolute Gasteiger partial charge is 0.335 e. The fourth-order valence-corrected chi connectivity index (χ4v) is 1.58. The number of ether oxygens (including phenoxy) is 1. The van der Waals surface area contributed by atoms with Gasteiger partial charge in [0, 0.05) is 11.6 Å². The first-order valence-electron chi connectivity index (χ1n) is 5.04. The Kier molecular flexibility index (Phi) is 5.26. The van der Waals surface area contributed by atoms with Crippen LogP contribution < -0.4 is 11.1 Å². The van der Waals surface area contributed by atoms with Gasteiger partial charge in [0.05, 0.1) is 17.9 Å². The molecule has 0 saturated carbocycles. The van der Waals surface area contributed by atoms with Gasteiger partial charge >= 0.3 is 5.97 Å². The zero-order valence-corrected chi connectivity index (χ0v) is 11.2. The maximum absolute atomic E-state index is 11.7. The topological polar surface area (TPSA) is 102 Å². The van der Waals surface area contributed by atoms with E-state index in [0.29, 0.717) is 10.2 Å². The first kappa shape index (κ1) is 14.6. The minimum absolute atomic E-state index is 0.0776. The number of amides is 1. The Morgan fingerprint density at radius 3 is 2.78 bits per heavy atom. The summed E-state index contributed by atoms with van der Waals surface area (Å²) in [5, 5.41) is 11.4. The molecular weight excluding hydrogens is 304 g/mol. The quantitative estimate of drug-likeness (QED) is 0.754. The molecule has 0 aliphatic heterocycles. The Morgan fingerprint density at radius 2 is 2.22 bits per heavy atom. The second-order valence-corrected chi connectivity index (χ2v) is 4.41. The molecule has 7 heteroatoms. The summed E-state index contributed by atoms with van der Waals surface area (Å²) in [5.74, 6) is -1.51. The fraction of sp³-hybridized carbons (Fsp3) is 0.273. The molecule has 6 nitrogen and oxygen atoms in total. The Balaban J connectivity index is 2.86. The minimum Gasteiger partial charge on any atom is -0.478 e. The van der Waals surface area contributed by atoms with Gasteiger partial charge in [-0.05, 0) is 34.1 Å². The molecule has 0 heterocycles. The van der Waals surface area contributed by atoms with Gasteiger partial charge in [-0.1, -0.05) is 0 Å². The molecule has 1 aromatic rings. The number of methoxy groups -OCH3 is 1. The Labute approximate surface area is 112 Å². The lowest BCUT2D eigenvalue weighted by Crippen LogP contribution is -2.39. The lowest BCUT2D eigenvalue weighted by Gasteiger charge is -2.12. The van der Waals surface area contributed by atoms with Gasteiger partial charge in [-0.3, -0.25) is 4.79 Å². The molecule has 0 bridgehead atoms. The maximum Gasteiger partial charge on any atom is 0.335 e. The second kappa shape index (κ2) is 6.48. The predicted octanol–water partition coefficient (Wildman–Crippen LogP) is 1.06. The first-order chi connectivity index (χ1) is 8.45. The van der Waals surface area contributed by atoms with Crippen molar-refractivity contribution in [1.82, 2.24) is 0 Å². The molecule has 4 N–H and O–H groups in total. The number of anilines is 1. The van der Waals surface area contributed by atoms with Crippen molar-refractivity contribution >= 4 is 33.5 Å². The van der Waals surface area contributed by atoms with E-state index in [9.17, 15) is 9.59 Å². The molecule has 1 amide bonds. The average Bonchev–Trinajstić information content (AvgIpc) is 2.31. The fourth-order valence-electron chi connectivity index (χ4n) is 1.23. The van der Waals surface area contributed by atoms with Crippen LogP contribution in [-0.4, -0.2) is 36.7 Å². The molecule has 0 aromatic heterocycles. The zero-order valence-electron chi connectivity index (χ0n) is 9.64. The number of nitrogens with one attached hydrogen (secondary N) is 1. The number of carbonyl (C=O) groups excluding carboxylic acids is 1. The Morgan fingerprint density at radius 1 is 1.56 bits per heavy atom. The summed E-state index contributed by atoms with van der Waals surface area (Å²) in [5.41, 5.74) is 5.99. The third kappa shape index (κ3) is 3.80. The van der Waals surface area contributed by atoms with Crippen molar-refractivity contribution in [3.05, 3.63) is 28.2 Å². The molecule has 1 atom stereocenters. The van der Waals surface area contributed by atoms with Crippen molar-refractivity contribution in [2.45, 2.75) is 6.04 Å². The van der Waals surface area contributed by atoms with Crippen LogP contribution in [0.15, 0.2) is 22.7 Å². The largest absolute Gasteiger partial charge is 0.478 e. The van der Waals surface area contributed by atoms with E-state index in [1.807, 2.05) is 0 Å². The van der Waals surface area contributed by atoms with Crippen LogP contribution in [0.4, 0.5) is 5.69 Å². The highest BCUT2D eigenvalue weighted by Crippen LogP contribution is 2.23. The SMILES string of the molecule is COCC(N)C(=O)Nc1cc(C(=O)O)ccc1Br. The van der Waals surface area contributed by atoms with Crippen LogP contribution in [-0.2, 0) is 9.53 Å². The van der Waals surface area contributed by atoms with Crippen LogP contribution >= 0.6 is 15.9 Å². The molecule has 98 valence electrons. The van der Waals surface area contributed by atoms with E-state index in [1.165, 1.54) is 19.2 Å². The van der Waals surface area contributed by atoms with Crippen molar-refractivity contribution in [3.8, 4) is 0 Å². The number of carbonyl (C=O) groups is 2. The van der Waals surface area contributed by atoms with Crippen molar-refractivity contribution < 1.29 is 19.4 Å². The Hall–Kier alpha value is -1.44. The van der Waals surface area contributed by atoms with Crippen LogP contribution in [0, 0.1) is 0 Å². The molecule has 18 heavy (non-hydrogen) atoms. The number of hydrogen-bond donors (Lipinski definition) is 3. The lowest BCUT2D eigenvalue weighted by molar-refractivity contribution is -0.118. The van der Waals surface area contributed by atoms with Crippen molar-refractivity contribution in [2.75, 3.05) is 19.0 Å². The van der Waals surface area contributed by atoms with Crippen LogP contribution in [0.2, 0.25) is 0 Å². The van der Waals surface area contributed by atoms with E-state index >= 15 is 0 Å². The van der Waals surface area contributed by atoms with Crippen LogP contribution in [0.5, 0.6) is 0 Å². The zero-order chi connectivity index (χ0) is 13.7. The second-order valence-electron chi connectivity index (χ2n) is 3.55. The summed E-state index contributed by atoms with van der Waals surface area (Å²) in [4.78, 5) is 22.5. The molecular formula is C11H13BrN2O4. The third-order valence-corrected chi connectivity index (χ3v) is 2.85. The molecule has 0 saturated heterocycles. The minimum atomic E-state index is -1.07. The highest BCUT2D eigenvalue weighted by Gasteiger charge is 2.15. The molecule has 0 radical (unpaired) electrons. The summed E-state index contributed by atoms with van der Waals surface area (Å²) < 4.78 is 5.34. The number of halogens is 1. The van der Waals surface area contributed by atoms with Crippen LogP contribution in [0.25, 0.3) is 0 Å².